The van der Waals surface area contributed by atoms with Gasteiger partial charge in [0.25, 0.3) is 0 Å². The number of amides is 1. The highest BCUT2D eigenvalue weighted by atomic mass is 16.5. The summed E-state index contributed by atoms with van der Waals surface area (Å²) in [7, 11) is 1.64. The third-order valence-electron chi connectivity index (χ3n) is 6.40. The molecule has 0 radical (unpaired) electrons. The van der Waals surface area contributed by atoms with Crippen LogP contribution >= 0.6 is 0 Å². The predicted molar refractivity (Wildman–Crippen MR) is 112 cm³/mol. The van der Waals surface area contributed by atoms with Gasteiger partial charge in [0.2, 0.25) is 5.91 Å². The number of aromatic hydroxyl groups is 1. The van der Waals surface area contributed by atoms with Crippen LogP contribution in [0.2, 0.25) is 0 Å². The number of nitrogens with zero attached hydrogens (tertiary/aromatic N) is 2. The monoisotopic (exact) mass is 394 g/mol. The molecular weight excluding hydrogens is 364 g/mol. The second kappa shape index (κ2) is 8.56. The maximum atomic E-state index is 12.9. The minimum Gasteiger partial charge on any atom is -0.508 e. The molecule has 2 heterocycles. The molecule has 2 fully saturated rings. The molecule has 29 heavy (non-hydrogen) atoms. The number of ether oxygens (including phenoxy) is 1. The first-order chi connectivity index (χ1) is 14.1. The lowest BCUT2D eigenvalue weighted by molar-refractivity contribution is -0.133. The number of carbonyl (C=O) groups is 1. The van der Waals surface area contributed by atoms with Gasteiger partial charge in [-0.3, -0.25) is 9.69 Å². The van der Waals surface area contributed by atoms with Gasteiger partial charge in [-0.2, -0.15) is 0 Å². The van der Waals surface area contributed by atoms with Crippen LogP contribution in [0.5, 0.6) is 5.75 Å². The van der Waals surface area contributed by atoms with Gasteiger partial charge in [-0.15, -0.1) is 0 Å². The maximum absolute atomic E-state index is 12.9. The Bertz CT molecular complexity index is 869. The highest BCUT2D eigenvalue weighted by molar-refractivity contribution is 5.77. The molecule has 0 aliphatic carbocycles. The summed E-state index contributed by atoms with van der Waals surface area (Å²) in [5, 5.41) is 9.76. The second-order valence-electron chi connectivity index (χ2n) is 8.38. The molecule has 2 aliphatic heterocycles. The van der Waals surface area contributed by atoms with E-state index in [9.17, 15) is 9.90 Å². The van der Waals surface area contributed by atoms with Crippen molar-refractivity contribution in [2.75, 3.05) is 33.4 Å². The first-order valence-corrected chi connectivity index (χ1v) is 10.4. The highest BCUT2D eigenvalue weighted by Gasteiger charge is 2.49. The Morgan fingerprint density at radius 3 is 2.72 bits per heavy atom. The Morgan fingerprint density at radius 1 is 1.14 bits per heavy atom. The molecule has 0 spiro atoms. The van der Waals surface area contributed by atoms with E-state index < -0.39 is 0 Å². The summed E-state index contributed by atoms with van der Waals surface area (Å²) < 4.78 is 5.15. The van der Waals surface area contributed by atoms with E-state index >= 15 is 0 Å². The number of phenols is 1. The van der Waals surface area contributed by atoms with Crippen LogP contribution in [0.3, 0.4) is 0 Å². The van der Waals surface area contributed by atoms with Gasteiger partial charge in [0.15, 0.2) is 0 Å². The number of likely N-dealkylation sites (tertiary alicyclic amines) is 2. The number of carbonyl (C=O) groups excluding carboxylic acids is 1. The number of aryl methyl sites for hydroxylation is 1. The van der Waals surface area contributed by atoms with Crippen molar-refractivity contribution >= 4 is 5.91 Å². The minimum absolute atomic E-state index is 0.125. The molecule has 1 amide bonds. The average Bonchev–Trinajstić information content (AvgIpc) is 3.24. The lowest BCUT2D eigenvalue weighted by Gasteiger charge is -2.31. The third kappa shape index (κ3) is 4.16. The van der Waals surface area contributed by atoms with E-state index in [-0.39, 0.29) is 11.9 Å². The van der Waals surface area contributed by atoms with Gasteiger partial charge < -0.3 is 14.7 Å². The van der Waals surface area contributed by atoms with Crippen molar-refractivity contribution in [2.45, 2.75) is 25.9 Å². The zero-order valence-corrected chi connectivity index (χ0v) is 17.3. The van der Waals surface area contributed by atoms with Crippen molar-refractivity contribution < 1.29 is 14.6 Å². The standard InChI is InChI=1S/C24H30N2O3/c1-17-6-3-4-9-21(17)24-22-16-25(13-18-7-5-8-20(27)12-18)14-19(22)15-26(24)23(28)10-11-29-2/h3-9,12,19,22,24,27H,10-11,13-16H2,1-2H3/t19-,22-,24+/m0/s1. The molecule has 2 aliphatic rings. The van der Waals surface area contributed by atoms with Gasteiger partial charge in [-0.1, -0.05) is 36.4 Å². The van der Waals surface area contributed by atoms with Crippen molar-refractivity contribution in [1.82, 2.24) is 9.80 Å². The number of hydrogen-bond donors (Lipinski definition) is 1. The lowest BCUT2D eigenvalue weighted by Crippen LogP contribution is -2.36. The predicted octanol–water partition coefficient (Wildman–Crippen LogP) is 3.37. The van der Waals surface area contributed by atoms with Crippen LogP contribution in [0, 0.1) is 18.8 Å². The molecule has 0 saturated carbocycles. The summed E-state index contributed by atoms with van der Waals surface area (Å²) in [6.07, 6.45) is 0.436. The number of rotatable bonds is 6. The Balaban J connectivity index is 1.55. The molecule has 0 aromatic heterocycles. The Labute approximate surface area is 172 Å². The molecule has 2 aromatic carbocycles. The van der Waals surface area contributed by atoms with E-state index in [1.165, 1.54) is 11.1 Å². The molecule has 3 atom stereocenters. The van der Waals surface area contributed by atoms with E-state index in [0.717, 1.165) is 31.7 Å². The molecule has 5 heteroatoms. The highest BCUT2D eigenvalue weighted by Crippen LogP contribution is 2.46. The van der Waals surface area contributed by atoms with Gasteiger partial charge in [-0.25, -0.2) is 0 Å². The van der Waals surface area contributed by atoms with Crippen LogP contribution in [-0.2, 0) is 16.1 Å². The normalized spacial score (nSPS) is 24.1. The van der Waals surface area contributed by atoms with Gasteiger partial charge in [-0.05, 0) is 41.7 Å². The van der Waals surface area contributed by atoms with E-state index in [2.05, 4.69) is 47.1 Å². The van der Waals surface area contributed by atoms with E-state index in [1.54, 1.807) is 13.2 Å². The molecule has 0 bridgehead atoms. The Kier molecular flexibility index (Phi) is 5.88. The zero-order chi connectivity index (χ0) is 20.4. The fourth-order valence-electron chi connectivity index (χ4n) is 5.09. The first kappa shape index (κ1) is 19.9. The minimum atomic E-state index is 0.125. The van der Waals surface area contributed by atoms with E-state index in [1.807, 2.05) is 12.1 Å². The molecule has 2 saturated heterocycles. The van der Waals surface area contributed by atoms with Gasteiger partial charge in [0.05, 0.1) is 19.1 Å². The lowest BCUT2D eigenvalue weighted by atomic mass is 9.87. The Morgan fingerprint density at radius 2 is 1.97 bits per heavy atom. The summed E-state index contributed by atoms with van der Waals surface area (Å²) >= 11 is 0. The van der Waals surface area contributed by atoms with Crippen molar-refractivity contribution in [1.29, 1.82) is 0 Å². The fourth-order valence-corrected chi connectivity index (χ4v) is 5.09. The van der Waals surface area contributed by atoms with Crippen molar-refractivity contribution in [3.63, 3.8) is 0 Å². The van der Waals surface area contributed by atoms with Crippen LogP contribution in [0.15, 0.2) is 48.5 Å². The molecule has 2 aromatic rings. The summed E-state index contributed by atoms with van der Waals surface area (Å²) in [5.41, 5.74) is 3.64. The summed E-state index contributed by atoms with van der Waals surface area (Å²) in [6, 6.07) is 16.1. The molecule has 1 N–H and O–H groups in total. The molecule has 0 unspecified atom stereocenters. The van der Waals surface area contributed by atoms with Crippen molar-refractivity contribution in [2.24, 2.45) is 11.8 Å². The zero-order valence-electron chi connectivity index (χ0n) is 17.3. The van der Waals surface area contributed by atoms with Crippen molar-refractivity contribution in [3.8, 4) is 5.75 Å². The van der Waals surface area contributed by atoms with Crippen LogP contribution in [-0.4, -0.2) is 54.2 Å². The number of benzene rings is 2. The largest absolute Gasteiger partial charge is 0.508 e. The average molecular weight is 395 g/mol. The summed E-state index contributed by atoms with van der Waals surface area (Å²) in [5.74, 6) is 1.41. The smallest absolute Gasteiger partial charge is 0.225 e. The Hall–Kier alpha value is -2.37. The van der Waals surface area contributed by atoms with Crippen LogP contribution in [0.1, 0.15) is 29.2 Å². The molecule has 5 nitrogen and oxygen atoms in total. The third-order valence-corrected chi connectivity index (χ3v) is 6.40. The summed E-state index contributed by atoms with van der Waals surface area (Å²) in [6.45, 7) is 6.20. The quantitative estimate of drug-likeness (QED) is 0.816. The number of hydrogen-bond acceptors (Lipinski definition) is 4. The molecular formula is C24H30N2O3. The molecule has 4 rings (SSSR count). The number of methoxy groups -OCH3 is 1. The van der Waals surface area contributed by atoms with Gasteiger partial charge in [0, 0.05) is 39.2 Å². The summed E-state index contributed by atoms with van der Waals surface area (Å²) in [4.78, 5) is 17.5. The van der Waals surface area contributed by atoms with E-state index in [0.29, 0.717) is 30.6 Å². The number of phenolic OH excluding ortho intramolecular Hbond substituents is 1. The fraction of sp³-hybridized carbons (Fsp3) is 0.458. The van der Waals surface area contributed by atoms with Gasteiger partial charge in [0.1, 0.15) is 5.75 Å². The van der Waals surface area contributed by atoms with Crippen LogP contribution in [0.4, 0.5) is 0 Å². The first-order valence-electron chi connectivity index (χ1n) is 10.4. The van der Waals surface area contributed by atoms with Crippen molar-refractivity contribution in [3.05, 3.63) is 65.2 Å². The topological polar surface area (TPSA) is 53.0 Å². The maximum Gasteiger partial charge on any atom is 0.225 e. The van der Waals surface area contributed by atoms with E-state index in [4.69, 9.17) is 4.74 Å². The number of fused-ring (bicyclic) bond motifs is 1. The van der Waals surface area contributed by atoms with Crippen LogP contribution < -0.4 is 0 Å². The SMILES string of the molecule is COCCC(=O)N1C[C@@H]2CN(Cc3cccc(O)c3)C[C@@H]2[C@H]1c1ccccc1C. The van der Waals surface area contributed by atoms with Gasteiger partial charge >= 0.3 is 0 Å². The molecule has 154 valence electrons. The van der Waals surface area contributed by atoms with Crippen LogP contribution in [0.25, 0.3) is 0 Å². The second-order valence-corrected chi connectivity index (χ2v) is 8.38.